The Morgan fingerprint density at radius 2 is 1.91 bits per heavy atom. The van der Waals surface area contributed by atoms with E-state index in [-0.39, 0.29) is 0 Å². The summed E-state index contributed by atoms with van der Waals surface area (Å²) in [5, 5.41) is 8.18. The lowest BCUT2D eigenvalue weighted by molar-refractivity contribution is 0.523. The van der Waals surface area contributed by atoms with Crippen LogP contribution in [0.25, 0.3) is 0 Å². The zero-order valence-electron chi connectivity index (χ0n) is 12.3. The summed E-state index contributed by atoms with van der Waals surface area (Å²) in [5.41, 5.74) is 3.98. The summed E-state index contributed by atoms with van der Waals surface area (Å²) in [5.74, 6) is 0. The Bertz CT molecular complexity index is 654. The van der Waals surface area contributed by atoms with Gasteiger partial charge in [-0.2, -0.15) is 0 Å². The second-order valence-electron chi connectivity index (χ2n) is 5.60. The van der Waals surface area contributed by atoms with E-state index in [1.165, 1.54) is 24.0 Å². The van der Waals surface area contributed by atoms with E-state index in [1.807, 2.05) is 24.3 Å². The molecule has 2 N–H and O–H groups in total. The number of fused-ring (bicyclic) bond motifs is 1. The number of nitrogens with one attached hydrogen (secondary N) is 2. The smallest absolute Gasteiger partial charge is 0.167 e. The summed E-state index contributed by atoms with van der Waals surface area (Å²) < 4.78 is 0. The molecule has 3 rings (SSSR count). The summed E-state index contributed by atoms with van der Waals surface area (Å²) in [4.78, 5) is 0. The zero-order chi connectivity index (χ0) is 15.4. The number of hydrogen-bond donors (Lipinski definition) is 2. The maximum absolute atomic E-state index is 5.89. The lowest BCUT2D eigenvalue weighted by atomic mass is 9.88. The second-order valence-corrected chi connectivity index (χ2v) is 6.44. The maximum atomic E-state index is 5.89. The highest BCUT2D eigenvalue weighted by atomic mass is 35.5. The van der Waals surface area contributed by atoms with Gasteiger partial charge in [-0.15, -0.1) is 0 Å². The van der Waals surface area contributed by atoms with Gasteiger partial charge in [0.15, 0.2) is 5.11 Å². The van der Waals surface area contributed by atoms with E-state index < -0.39 is 0 Å². The van der Waals surface area contributed by atoms with Crippen LogP contribution >= 0.6 is 23.8 Å². The fraction of sp³-hybridized carbons (Fsp3) is 0.278. The molecule has 0 spiro atoms. The normalized spacial score (nSPS) is 16.7. The number of aryl methyl sites for hydroxylation is 1. The molecule has 0 amide bonds. The van der Waals surface area contributed by atoms with Gasteiger partial charge in [0.1, 0.15) is 0 Å². The van der Waals surface area contributed by atoms with Crippen molar-refractivity contribution in [2.24, 2.45) is 0 Å². The first kappa shape index (κ1) is 15.3. The van der Waals surface area contributed by atoms with Crippen LogP contribution in [0.3, 0.4) is 0 Å². The Morgan fingerprint density at radius 3 is 2.73 bits per heavy atom. The van der Waals surface area contributed by atoms with Crippen molar-refractivity contribution in [3.8, 4) is 0 Å². The van der Waals surface area contributed by atoms with Crippen molar-refractivity contribution in [1.29, 1.82) is 0 Å². The molecule has 2 aromatic carbocycles. The first-order valence-corrected chi connectivity index (χ1v) is 8.37. The Labute approximate surface area is 141 Å². The van der Waals surface area contributed by atoms with E-state index in [4.69, 9.17) is 23.8 Å². The minimum atomic E-state index is 0.315. The molecule has 114 valence electrons. The molecule has 0 radical (unpaired) electrons. The molecule has 0 heterocycles. The quantitative estimate of drug-likeness (QED) is 0.817. The van der Waals surface area contributed by atoms with E-state index in [1.54, 1.807) is 0 Å². The van der Waals surface area contributed by atoms with Crippen molar-refractivity contribution in [3.05, 3.63) is 70.2 Å². The molecule has 0 saturated heterocycles. The largest absolute Gasteiger partial charge is 0.359 e. The van der Waals surface area contributed by atoms with Crippen LogP contribution in [0.2, 0.25) is 5.02 Å². The van der Waals surface area contributed by atoms with Crippen LogP contribution in [0.4, 0.5) is 0 Å². The fourth-order valence-corrected chi connectivity index (χ4v) is 3.24. The Hall–Kier alpha value is -1.58. The molecule has 0 saturated carbocycles. The molecule has 1 atom stereocenters. The third kappa shape index (κ3) is 3.79. The molecular weight excluding hydrogens is 312 g/mol. The van der Waals surface area contributed by atoms with Crippen molar-refractivity contribution in [1.82, 2.24) is 10.6 Å². The van der Waals surface area contributed by atoms with Crippen LogP contribution in [0, 0.1) is 0 Å². The molecule has 0 aromatic heterocycles. The molecule has 2 aromatic rings. The third-order valence-corrected chi connectivity index (χ3v) is 4.56. The van der Waals surface area contributed by atoms with Gasteiger partial charge in [-0.25, -0.2) is 0 Å². The lowest BCUT2D eigenvalue weighted by Crippen LogP contribution is -2.38. The topological polar surface area (TPSA) is 24.1 Å². The van der Waals surface area contributed by atoms with Crippen LogP contribution in [0.5, 0.6) is 0 Å². The number of benzene rings is 2. The number of rotatable bonds is 3. The monoisotopic (exact) mass is 330 g/mol. The van der Waals surface area contributed by atoms with Gasteiger partial charge in [-0.1, -0.05) is 48.0 Å². The van der Waals surface area contributed by atoms with Crippen molar-refractivity contribution >= 4 is 28.9 Å². The predicted octanol–water partition coefficient (Wildman–Crippen LogP) is 4.38. The van der Waals surface area contributed by atoms with Crippen LogP contribution < -0.4 is 10.6 Å². The molecule has 2 nitrogen and oxygen atoms in total. The maximum Gasteiger partial charge on any atom is 0.167 e. The Balaban J connectivity index is 1.57. The van der Waals surface area contributed by atoms with Gasteiger partial charge >= 0.3 is 0 Å². The second kappa shape index (κ2) is 7.12. The number of thiocarbonyl (C=S) groups is 1. The molecule has 0 aliphatic heterocycles. The standard InChI is InChI=1S/C18H19ClN2S/c19-15-10-8-13(9-11-15)12-20-18(22)21-17-7-3-5-14-4-1-2-6-16(14)17/h1-2,4,6,8-11,17H,3,5,7,12H2,(H2,20,21,22). The van der Waals surface area contributed by atoms with E-state index in [2.05, 4.69) is 34.9 Å². The van der Waals surface area contributed by atoms with Crippen LogP contribution in [0.1, 0.15) is 35.6 Å². The van der Waals surface area contributed by atoms with Gasteiger partial charge in [-0.3, -0.25) is 0 Å². The Morgan fingerprint density at radius 1 is 1.14 bits per heavy atom. The molecular formula is C18H19ClN2S. The van der Waals surface area contributed by atoms with Gasteiger partial charge < -0.3 is 10.6 Å². The number of halogens is 1. The third-order valence-electron chi connectivity index (χ3n) is 4.04. The summed E-state index contributed by atoms with van der Waals surface area (Å²) in [6.45, 7) is 0.706. The first-order valence-electron chi connectivity index (χ1n) is 7.59. The van der Waals surface area contributed by atoms with E-state index >= 15 is 0 Å². The van der Waals surface area contributed by atoms with E-state index in [0.717, 1.165) is 17.0 Å². The first-order chi connectivity index (χ1) is 10.7. The van der Waals surface area contributed by atoms with E-state index in [9.17, 15) is 0 Å². The summed E-state index contributed by atoms with van der Waals surface area (Å²) in [6.07, 6.45) is 3.49. The van der Waals surface area contributed by atoms with Crippen LogP contribution in [-0.4, -0.2) is 5.11 Å². The summed E-state index contributed by atoms with van der Waals surface area (Å²) >= 11 is 11.3. The van der Waals surface area contributed by atoms with Crippen LogP contribution in [-0.2, 0) is 13.0 Å². The molecule has 22 heavy (non-hydrogen) atoms. The molecule has 0 bridgehead atoms. The molecule has 4 heteroatoms. The van der Waals surface area contributed by atoms with Crippen molar-refractivity contribution in [2.45, 2.75) is 31.8 Å². The predicted molar refractivity (Wildman–Crippen MR) is 96.1 cm³/mol. The summed E-state index contributed by atoms with van der Waals surface area (Å²) in [7, 11) is 0. The highest BCUT2D eigenvalue weighted by Crippen LogP contribution is 2.29. The molecule has 0 fully saturated rings. The van der Waals surface area contributed by atoms with Crippen molar-refractivity contribution in [2.75, 3.05) is 0 Å². The average molecular weight is 331 g/mol. The SMILES string of the molecule is S=C(NCc1ccc(Cl)cc1)NC1CCCc2ccccc21. The highest BCUT2D eigenvalue weighted by molar-refractivity contribution is 7.80. The molecule has 1 aliphatic rings. The fourth-order valence-electron chi connectivity index (χ4n) is 2.90. The number of hydrogen-bond acceptors (Lipinski definition) is 1. The lowest BCUT2D eigenvalue weighted by Gasteiger charge is -2.27. The van der Waals surface area contributed by atoms with Gasteiger partial charge in [0.05, 0.1) is 6.04 Å². The summed E-state index contributed by atoms with van der Waals surface area (Å²) in [6, 6.07) is 16.7. The minimum Gasteiger partial charge on any atom is -0.359 e. The highest BCUT2D eigenvalue weighted by Gasteiger charge is 2.19. The van der Waals surface area contributed by atoms with Crippen molar-refractivity contribution < 1.29 is 0 Å². The Kier molecular flexibility index (Phi) is 4.96. The molecule has 1 aliphatic carbocycles. The average Bonchev–Trinajstić information content (AvgIpc) is 2.55. The van der Waals surface area contributed by atoms with Crippen LogP contribution in [0.15, 0.2) is 48.5 Å². The van der Waals surface area contributed by atoms with Gasteiger partial charge in [0.2, 0.25) is 0 Å². The van der Waals surface area contributed by atoms with Gasteiger partial charge in [0, 0.05) is 11.6 Å². The van der Waals surface area contributed by atoms with E-state index in [0.29, 0.717) is 17.7 Å². The van der Waals surface area contributed by atoms with Crippen molar-refractivity contribution in [3.63, 3.8) is 0 Å². The minimum absolute atomic E-state index is 0.315. The van der Waals surface area contributed by atoms with Gasteiger partial charge in [0.25, 0.3) is 0 Å². The van der Waals surface area contributed by atoms with Gasteiger partial charge in [-0.05, 0) is 60.3 Å². The molecule has 1 unspecified atom stereocenters. The zero-order valence-corrected chi connectivity index (χ0v) is 13.9.